The zero-order valence-electron chi connectivity index (χ0n) is 19.0. The third-order valence-corrected chi connectivity index (χ3v) is 7.85. The van der Waals surface area contributed by atoms with Crippen LogP contribution in [0.15, 0.2) is 6.07 Å². The van der Waals surface area contributed by atoms with Gasteiger partial charge >= 0.3 is 17.9 Å². The van der Waals surface area contributed by atoms with E-state index in [1.807, 2.05) is 33.8 Å². The number of hydrogen-bond donors (Lipinski definition) is 1. The second kappa shape index (κ2) is 6.79. The third-order valence-electron chi connectivity index (χ3n) is 7.85. The van der Waals surface area contributed by atoms with Gasteiger partial charge in [0.15, 0.2) is 6.10 Å². The molecule has 0 unspecified atom stereocenters. The summed E-state index contributed by atoms with van der Waals surface area (Å²) >= 11 is 0. The van der Waals surface area contributed by atoms with Gasteiger partial charge in [-0.05, 0) is 61.3 Å². The average molecular weight is 430 g/mol. The third kappa shape index (κ3) is 2.93. The van der Waals surface area contributed by atoms with Crippen LogP contribution in [0.2, 0.25) is 0 Å². The summed E-state index contributed by atoms with van der Waals surface area (Å²) in [5.41, 5.74) is 0.684. The predicted molar refractivity (Wildman–Crippen MR) is 111 cm³/mol. The minimum absolute atomic E-state index is 0.227. The van der Waals surface area contributed by atoms with Crippen molar-refractivity contribution >= 4 is 17.9 Å². The molecule has 1 heterocycles. The maximum atomic E-state index is 12.2. The van der Waals surface area contributed by atoms with Gasteiger partial charge in [-0.1, -0.05) is 13.8 Å². The minimum Gasteiger partial charge on any atom is -0.459 e. The topological polar surface area (TPSA) is 99.1 Å². The molecule has 2 aliphatic carbocycles. The average Bonchev–Trinajstić information content (AvgIpc) is 3.02. The van der Waals surface area contributed by atoms with Crippen LogP contribution in [-0.4, -0.2) is 40.8 Å². The van der Waals surface area contributed by atoms with E-state index in [0.29, 0.717) is 25.0 Å². The first-order valence-electron chi connectivity index (χ1n) is 10.7. The second-order valence-corrected chi connectivity index (χ2v) is 9.98. The van der Waals surface area contributed by atoms with Gasteiger partial charge in [0.2, 0.25) is 0 Å². The Bertz CT molecular complexity index is 994. The Kier molecular flexibility index (Phi) is 4.78. The van der Waals surface area contributed by atoms with Crippen LogP contribution in [0.1, 0.15) is 69.7 Å². The van der Waals surface area contributed by atoms with Crippen molar-refractivity contribution in [2.75, 3.05) is 0 Å². The van der Waals surface area contributed by atoms with Crippen LogP contribution < -0.4 is 4.74 Å². The number of fused-ring (bicyclic) bond motifs is 4. The maximum Gasteiger partial charge on any atom is 0.315 e. The van der Waals surface area contributed by atoms with E-state index in [0.717, 1.165) is 22.3 Å². The molecule has 0 saturated heterocycles. The van der Waals surface area contributed by atoms with Crippen molar-refractivity contribution in [2.24, 2.45) is 5.41 Å². The summed E-state index contributed by atoms with van der Waals surface area (Å²) in [5, 5.41) is 12.2. The molecule has 0 amide bonds. The predicted octanol–water partition coefficient (Wildman–Crippen LogP) is 2.68. The molecule has 4 atom stereocenters. The highest BCUT2D eigenvalue weighted by Crippen LogP contribution is 2.62. The minimum atomic E-state index is -1.24. The van der Waals surface area contributed by atoms with Crippen molar-refractivity contribution in [2.45, 2.75) is 90.4 Å². The lowest BCUT2D eigenvalue weighted by atomic mass is 9.45. The number of esters is 3. The van der Waals surface area contributed by atoms with Crippen molar-refractivity contribution < 1.29 is 33.7 Å². The molecule has 1 N–H and O–H groups in total. The van der Waals surface area contributed by atoms with E-state index >= 15 is 0 Å². The summed E-state index contributed by atoms with van der Waals surface area (Å²) in [5.74, 6) is -0.802. The highest BCUT2D eigenvalue weighted by molar-refractivity contribution is 5.82. The Morgan fingerprint density at radius 3 is 2.39 bits per heavy atom. The van der Waals surface area contributed by atoms with Crippen LogP contribution in [0, 0.1) is 12.3 Å². The standard InChI is InChI=1S/C24H30O7/c1-12-15-7-8-24(28)22(4,5)11-19(29-13(2)25)21(30-14(3)26)23(24,6)17(15)10-18-16(12)9-20(27)31-18/h10,19,21,28H,7-9,11H2,1-6H3/t19-,21-,23-,24+/m0/s1. The normalized spacial score (nSPS) is 32.9. The van der Waals surface area contributed by atoms with Crippen molar-refractivity contribution in [3.05, 3.63) is 28.3 Å². The summed E-state index contributed by atoms with van der Waals surface area (Å²) in [6.07, 6.45) is 0.0604. The number of rotatable bonds is 2. The molecule has 0 spiro atoms. The lowest BCUT2D eigenvalue weighted by Gasteiger charge is -2.64. The number of ether oxygens (including phenoxy) is 3. The number of carbonyl (C=O) groups is 3. The molecule has 1 aromatic rings. The smallest absolute Gasteiger partial charge is 0.315 e. The van der Waals surface area contributed by atoms with Crippen LogP contribution in [0.5, 0.6) is 5.75 Å². The number of carbonyl (C=O) groups excluding carboxylic acids is 3. The summed E-state index contributed by atoms with van der Waals surface area (Å²) in [6, 6.07) is 1.81. The fourth-order valence-electron chi connectivity index (χ4n) is 6.33. The van der Waals surface area contributed by atoms with Gasteiger partial charge in [0.05, 0.1) is 17.4 Å². The molecule has 0 aromatic heterocycles. The van der Waals surface area contributed by atoms with Gasteiger partial charge in [-0.25, -0.2) is 0 Å². The molecule has 1 saturated carbocycles. The van der Waals surface area contributed by atoms with Gasteiger partial charge in [-0.15, -0.1) is 0 Å². The molecule has 0 radical (unpaired) electrons. The Morgan fingerprint density at radius 1 is 1.13 bits per heavy atom. The molecule has 1 aliphatic heterocycles. The number of benzene rings is 1. The van der Waals surface area contributed by atoms with E-state index in [9.17, 15) is 19.5 Å². The van der Waals surface area contributed by atoms with E-state index in [2.05, 4.69) is 0 Å². The van der Waals surface area contributed by atoms with Crippen molar-refractivity contribution in [3.8, 4) is 5.75 Å². The monoisotopic (exact) mass is 430 g/mol. The Labute approximate surface area is 182 Å². The van der Waals surface area contributed by atoms with Crippen molar-refractivity contribution in [3.63, 3.8) is 0 Å². The van der Waals surface area contributed by atoms with Gasteiger partial charge in [-0.2, -0.15) is 0 Å². The Hall–Kier alpha value is -2.41. The summed E-state index contributed by atoms with van der Waals surface area (Å²) in [7, 11) is 0. The molecule has 4 rings (SSSR count). The molecular weight excluding hydrogens is 400 g/mol. The van der Waals surface area contributed by atoms with E-state index < -0.39 is 40.6 Å². The van der Waals surface area contributed by atoms with E-state index in [1.165, 1.54) is 13.8 Å². The van der Waals surface area contributed by atoms with Gasteiger partial charge in [0, 0.05) is 19.4 Å². The lowest BCUT2D eigenvalue weighted by molar-refractivity contribution is -0.243. The molecule has 3 aliphatic rings. The second-order valence-electron chi connectivity index (χ2n) is 9.98. The maximum absolute atomic E-state index is 12.2. The first kappa shape index (κ1) is 21.8. The largest absolute Gasteiger partial charge is 0.459 e. The van der Waals surface area contributed by atoms with Crippen molar-refractivity contribution in [1.82, 2.24) is 0 Å². The fourth-order valence-corrected chi connectivity index (χ4v) is 6.33. The number of hydrogen-bond acceptors (Lipinski definition) is 7. The number of aliphatic hydroxyl groups is 1. The van der Waals surface area contributed by atoms with E-state index in [4.69, 9.17) is 14.2 Å². The first-order valence-corrected chi connectivity index (χ1v) is 10.7. The quantitative estimate of drug-likeness (QED) is 0.569. The lowest BCUT2D eigenvalue weighted by Crippen LogP contribution is -2.73. The van der Waals surface area contributed by atoms with Gasteiger partial charge < -0.3 is 19.3 Å². The highest BCUT2D eigenvalue weighted by atomic mass is 16.6. The Morgan fingerprint density at radius 2 is 1.77 bits per heavy atom. The Balaban J connectivity index is 1.99. The first-order chi connectivity index (χ1) is 14.3. The molecule has 7 heteroatoms. The highest BCUT2D eigenvalue weighted by Gasteiger charge is 2.69. The molecule has 7 nitrogen and oxygen atoms in total. The molecular formula is C24H30O7. The molecule has 168 valence electrons. The SMILES string of the molecule is CC(=O)O[C@H]1CC(C)(C)[C@]2(O)CCc3c(cc4c(c3C)CC(=O)O4)[C@@]2(C)[C@H]1OC(C)=O. The van der Waals surface area contributed by atoms with Gasteiger partial charge in [0.25, 0.3) is 0 Å². The van der Waals surface area contributed by atoms with Crippen molar-refractivity contribution in [1.29, 1.82) is 0 Å². The van der Waals surface area contributed by atoms with Crippen LogP contribution in [0.3, 0.4) is 0 Å². The van der Waals surface area contributed by atoms with Crippen LogP contribution >= 0.6 is 0 Å². The van der Waals surface area contributed by atoms with Crippen LogP contribution in [0.4, 0.5) is 0 Å². The summed E-state index contributed by atoms with van der Waals surface area (Å²) < 4.78 is 16.9. The van der Waals surface area contributed by atoms with E-state index in [-0.39, 0.29) is 12.4 Å². The van der Waals surface area contributed by atoms with Crippen LogP contribution in [-0.2, 0) is 42.1 Å². The molecule has 0 bridgehead atoms. The van der Waals surface area contributed by atoms with Gasteiger partial charge in [0.1, 0.15) is 11.9 Å². The zero-order chi connectivity index (χ0) is 22.9. The molecule has 1 aromatic carbocycles. The van der Waals surface area contributed by atoms with Gasteiger partial charge in [-0.3, -0.25) is 14.4 Å². The van der Waals surface area contributed by atoms with E-state index in [1.54, 1.807) is 0 Å². The summed E-state index contributed by atoms with van der Waals surface area (Å²) in [4.78, 5) is 36.0. The molecule has 31 heavy (non-hydrogen) atoms. The molecule has 1 fully saturated rings. The summed E-state index contributed by atoms with van der Waals surface area (Å²) in [6.45, 7) is 10.4. The fraction of sp³-hybridized carbons (Fsp3) is 0.625. The zero-order valence-corrected chi connectivity index (χ0v) is 19.0. The van der Waals surface area contributed by atoms with Crippen LogP contribution in [0.25, 0.3) is 0 Å².